The highest BCUT2D eigenvalue weighted by atomic mass is 19.1. The number of benzene rings is 2. The van der Waals surface area contributed by atoms with E-state index >= 15 is 0 Å². The molecule has 1 aliphatic rings. The topological polar surface area (TPSA) is 67.2 Å². The van der Waals surface area contributed by atoms with Crippen LogP contribution >= 0.6 is 0 Å². The van der Waals surface area contributed by atoms with Crippen molar-refractivity contribution in [3.8, 4) is 16.9 Å². The highest BCUT2D eigenvalue weighted by Gasteiger charge is 2.34. The van der Waals surface area contributed by atoms with Crippen LogP contribution < -0.4 is 5.32 Å². The fourth-order valence-electron chi connectivity index (χ4n) is 4.16. The van der Waals surface area contributed by atoms with Crippen LogP contribution in [0.5, 0.6) is 0 Å². The molecule has 0 spiro atoms. The lowest BCUT2D eigenvalue weighted by atomic mass is 10.0. The molecule has 1 N–H and O–H groups in total. The van der Waals surface area contributed by atoms with Crippen molar-refractivity contribution in [3.63, 3.8) is 0 Å². The zero-order chi connectivity index (χ0) is 22.7. The summed E-state index contributed by atoms with van der Waals surface area (Å²) in [5.74, 6) is -0.461. The summed E-state index contributed by atoms with van der Waals surface area (Å²) in [6.45, 7) is 4.77. The maximum absolute atomic E-state index is 13.5. The van der Waals surface area contributed by atoms with Crippen LogP contribution in [0, 0.1) is 11.7 Å². The molecule has 32 heavy (non-hydrogen) atoms. The zero-order valence-corrected chi connectivity index (χ0v) is 18.3. The molecule has 3 aromatic rings. The number of likely N-dealkylation sites (tertiary alicyclic amines) is 1. The lowest BCUT2D eigenvalue weighted by Crippen LogP contribution is -2.50. The molecule has 0 radical (unpaired) electrons. The number of carbonyl (C=O) groups excluding carboxylic acids is 2. The molecule has 6 nitrogen and oxygen atoms in total. The second kappa shape index (κ2) is 9.34. The minimum absolute atomic E-state index is 0.000612. The number of nitrogens with one attached hydrogen (secondary N) is 1. The summed E-state index contributed by atoms with van der Waals surface area (Å²) >= 11 is 0. The van der Waals surface area contributed by atoms with Gasteiger partial charge in [-0.2, -0.15) is 5.10 Å². The van der Waals surface area contributed by atoms with E-state index in [0.717, 1.165) is 23.2 Å². The largest absolute Gasteiger partial charge is 0.350 e. The molecule has 1 aliphatic heterocycles. The second-order valence-corrected chi connectivity index (χ2v) is 8.39. The van der Waals surface area contributed by atoms with Crippen molar-refractivity contribution in [2.45, 2.75) is 39.3 Å². The molecule has 1 unspecified atom stereocenters. The first-order valence-corrected chi connectivity index (χ1v) is 10.9. The van der Waals surface area contributed by atoms with E-state index in [1.54, 1.807) is 21.7 Å². The van der Waals surface area contributed by atoms with Crippen LogP contribution in [0.4, 0.5) is 4.39 Å². The number of carbonyl (C=O) groups is 2. The minimum atomic E-state index is -0.497. The standard InChI is InChI=1S/C25H27FN4O2/c1-17(2)24(29-14-6-9-22(29)31)25(32)27-15-19-16-30(21-7-4-3-5-8-21)28-23(19)18-10-12-20(26)13-11-18/h3-5,7-8,10-13,16-17,24H,6,9,14-15H2,1-2H3,(H,27,32). The van der Waals surface area contributed by atoms with E-state index in [1.165, 1.54) is 12.1 Å². The quantitative estimate of drug-likeness (QED) is 0.613. The second-order valence-electron chi connectivity index (χ2n) is 8.39. The molecule has 4 rings (SSSR count). The van der Waals surface area contributed by atoms with Crippen molar-refractivity contribution in [1.29, 1.82) is 0 Å². The summed E-state index contributed by atoms with van der Waals surface area (Å²) in [7, 11) is 0. The average Bonchev–Trinajstić information content (AvgIpc) is 3.40. The van der Waals surface area contributed by atoms with Crippen LogP contribution in [0.2, 0.25) is 0 Å². The van der Waals surface area contributed by atoms with Crippen LogP contribution in [0.15, 0.2) is 60.8 Å². The Morgan fingerprint density at radius 2 is 1.84 bits per heavy atom. The van der Waals surface area contributed by atoms with Gasteiger partial charge in [0.05, 0.1) is 11.4 Å². The smallest absolute Gasteiger partial charge is 0.243 e. The Bertz CT molecular complexity index is 1090. The molecular weight excluding hydrogens is 407 g/mol. The summed E-state index contributed by atoms with van der Waals surface area (Å²) in [6, 6.07) is 15.3. The van der Waals surface area contributed by atoms with Crippen molar-refractivity contribution >= 4 is 11.8 Å². The molecular formula is C25H27FN4O2. The monoisotopic (exact) mass is 434 g/mol. The number of nitrogens with zero attached hydrogens (tertiary/aromatic N) is 3. The van der Waals surface area contributed by atoms with E-state index in [9.17, 15) is 14.0 Å². The molecule has 0 aliphatic carbocycles. The maximum Gasteiger partial charge on any atom is 0.243 e. The van der Waals surface area contributed by atoms with Crippen molar-refractivity contribution in [1.82, 2.24) is 20.0 Å². The third-order valence-corrected chi connectivity index (χ3v) is 5.73. The van der Waals surface area contributed by atoms with Gasteiger partial charge < -0.3 is 10.2 Å². The molecule has 2 aromatic carbocycles. The van der Waals surface area contributed by atoms with Crippen molar-refractivity contribution in [2.24, 2.45) is 5.92 Å². The zero-order valence-electron chi connectivity index (χ0n) is 18.3. The van der Waals surface area contributed by atoms with Crippen molar-refractivity contribution < 1.29 is 14.0 Å². The normalized spacial score (nSPS) is 14.8. The lowest BCUT2D eigenvalue weighted by molar-refractivity contribution is -0.139. The van der Waals surface area contributed by atoms with Gasteiger partial charge in [-0.1, -0.05) is 32.0 Å². The summed E-state index contributed by atoms with van der Waals surface area (Å²) in [4.78, 5) is 27.0. The molecule has 1 atom stereocenters. The van der Waals surface area contributed by atoms with Gasteiger partial charge in [0.2, 0.25) is 11.8 Å². The van der Waals surface area contributed by atoms with Crippen molar-refractivity contribution in [3.05, 3.63) is 72.2 Å². The highest BCUT2D eigenvalue weighted by Crippen LogP contribution is 2.25. The molecule has 1 saturated heterocycles. The maximum atomic E-state index is 13.5. The first-order chi connectivity index (χ1) is 15.4. The van der Waals surface area contributed by atoms with Gasteiger partial charge in [0, 0.05) is 36.8 Å². The van der Waals surface area contributed by atoms with E-state index in [0.29, 0.717) is 18.7 Å². The van der Waals surface area contributed by atoms with E-state index in [1.807, 2.05) is 50.4 Å². The highest BCUT2D eigenvalue weighted by molar-refractivity contribution is 5.88. The summed E-state index contributed by atoms with van der Waals surface area (Å²) in [5.41, 5.74) is 3.13. The Morgan fingerprint density at radius 1 is 1.12 bits per heavy atom. The summed E-state index contributed by atoms with van der Waals surface area (Å²) < 4.78 is 15.2. The number of rotatable bonds is 7. The van der Waals surface area contributed by atoms with E-state index in [2.05, 4.69) is 5.32 Å². The lowest BCUT2D eigenvalue weighted by Gasteiger charge is -2.29. The first kappa shape index (κ1) is 21.7. The van der Waals surface area contributed by atoms with Crippen LogP contribution in [0.3, 0.4) is 0 Å². The van der Waals surface area contributed by atoms with Crippen LogP contribution in [0.25, 0.3) is 16.9 Å². The molecule has 0 saturated carbocycles. The van der Waals surface area contributed by atoms with Crippen LogP contribution in [-0.2, 0) is 16.1 Å². The molecule has 1 fully saturated rings. The van der Waals surface area contributed by atoms with E-state index in [4.69, 9.17) is 5.10 Å². The Balaban J connectivity index is 1.60. The number of hydrogen-bond acceptors (Lipinski definition) is 3. The number of aromatic nitrogens is 2. The van der Waals surface area contributed by atoms with E-state index in [-0.39, 0.29) is 30.1 Å². The van der Waals surface area contributed by atoms with Crippen LogP contribution in [-0.4, -0.2) is 39.1 Å². The first-order valence-electron chi connectivity index (χ1n) is 10.9. The summed E-state index contributed by atoms with van der Waals surface area (Å²) in [6.07, 6.45) is 3.16. The van der Waals surface area contributed by atoms with Crippen molar-refractivity contribution in [2.75, 3.05) is 6.54 Å². The molecule has 0 bridgehead atoms. The third kappa shape index (κ3) is 4.56. The van der Waals surface area contributed by atoms with E-state index < -0.39 is 6.04 Å². The number of amides is 2. The molecule has 1 aromatic heterocycles. The Labute approximate surface area is 187 Å². The van der Waals surface area contributed by atoms with Gasteiger partial charge in [0.15, 0.2) is 0 Å². The fourth-order valence-corrected chi connectivity index (χ4v) is 4.16. The Hall–Kier alpha value is -3.48. The Kier molecular flexibility index (Phi) is 6.35. The number of para-hydroxylation sites is 1. The molecule has 166 valence electrons. The number of halogens is 1. The van der Waals surface area contributed by atoms with Gasteiger partial charge in [-0.05, 0) is 48.7 Å². The van der Waals surface area contributed by atoms with Gasteiger partial charge in [0.25, 0.3) is 0 Å². The summed E-state index contributed by atoms with van der Waals surface area (Å²) in [5, 5.41) is 7.71. The fraction of sp³-hybridized carbons (Fsp3) is 0.320. The Morgan fingerprint density at radius 3 is 2.47 bits per heavy atom. The molecule has 7 heteroatoms. The van der Waals surface area contributed by atoms with Gasteiger partial charge in [0.1, 0.15) is 11.9 Å². The van der Waals surface area contributed by atoms with Gasteiger partial charge >= 0.3 is 0 Å². The third-order valence-electron chi connectivity index (χ3n) is 5.73. The predicted molar refractivity (Wildman–Crippen MR) is 120 cm³/mol. The minimum Gasteiger partial charge on any atom is -0.350 e. The van der Waals surface area contributed by atoms with Crippen LogP contribution in [0.1, 0.15) is 32.3 Å². The SMILES string of the molecule is CC(C)C(C(=O)NCc1cn(-c2ccccc2)nc1-c1ccc(F)cc1)N1CCCC1=O. The predicted octanol–water partition coefficient (Wildman–Crippen LogP) is 3.94. The van der Waals surface area contributed by atoms with Gasteiger partial charge in [-0.15, -0.1) is 0 Å². The van der Waals surface area contributed by atoms with Gasteiger partial charge in [-0.25, -0.2) is 9.07 Å². The van der Waals surface area contributed by atoms with Gasteiger partial charge in [-0.3, -0.25) is 9.59 Å². The molecule has 2 heterocycles. The number of hydrogen-bond donors (Lipinski definition) is 1. The average molecular weight is 435 g/mol. The molecule has 2 amide bonds.